The van der Waals surface area contributed by atoms with Gasteiger partial charge < -0.3 is 0 Å². The first-order valence-electron chi connectivity index (χ1n) is 8.78. The lowest BCUT2D eigenvalue weighted by Gasteiger charge is -2.31. The number of hydrogen-bond donors (Lipinski definition) is 1. The molecule has 1 N–H and O–H groups in total. The average Bonchev–Trinajstić information content (AvgIpc) is 3.09. The molecule has 1 aliphatic rings. The van der Waals surface area contributed by atoms with Crippen LogP contribution in [0.5, 0.6) is 0 Å². The van der Waals surface area contributed by atoms with Crippen LogP contribution in [0.15, 0.2) is 41.8 Å². The van der Waals surface area contributed by atoms with Gasteiger partial charge in [-0.25, -0.2) is 13.1 Å². The Morgan fingerprint density at radius 1 is 1.16 bits per heavy atom. The highest BCUT2D eigenvalue weighted by atomic mass is 32.2. The summed E-state index contributed by atoms with van der Waals surface area (Å²) in [5.41, 5.74) is 1.90. The number of nitrogens with zero attached hydrogens (tertiary/aromatic N) is 1. The maximum Gasteiger partial charge on any atom is 0.215 e. The number of rotatable bonds is 7. The van der Waals surface area contributed by atoms with Crippen molar-refractivity contribution in [1.29, 1.82) is 0 Å². The van der Waals surface area contributed by atoms with Gasteiger partial charge in [-0.2, -0.15) is 0 Å². The average molecular weight is 379 g/mol. The van der Waals surface area contributed by atoms with Crippen LogP contribution in [0.1, 0.15) is 28.8 Å². The van der Waals surface area contributed by atoms with Crippen molar-refractivity contribution in [3.63, 3.8) is 0 Å². The van der Waals surface area contributed by atoms with Crippen molar-refractivity contribution < 1.29 is 8.42 Å². The van der Waals surface area contributed by atoms with Crippen LogP contribution in [0.25, 0.3) is 0 Å². The Labute approximate surface area is 154 Å². The SMILES string of the molecule is Cc1ccccc1CS(=O)(=O)NCC1CCN(Cc2cccs2)CC1. The number of benzene rings is 1. The van der Waals surface area contributed by atoms with Crippen molar-refractivity contribution in [1.82, 2.24) is 9.62 Å². The zero-order valence-electron chi connectivity index (χ0n) is 14.6. The number of likely N-dealkylation sites (tertiary alicyclic amines) is 1. The minimum atomic E-state index is -3.27. The standard InChI is InChI=1S/C19H26N2O2S2/c1-16-5-2-3-6-18(16)15-25(22,23)20-13-17-8-10-21(11-9-17)14-19-7-4-12-24-19/h2-7,12,17,20H,8-11,13-15H2,1H3. The fourth-order valence-electron chi connectivity index (χ4n) is 3.24. The topological polar surface area (TPSA) is 49.4 Å². The van der Waals surface area contributed by atoms with Gasteiger partial charge in [-0.05, 0) is 61.3 Å². The summed E-state index contributed by atoms with van der Waals surface area (Å²) in [5, 5.41) is 2.12. The number of piperidine rings is 1. The third-order valence-electron chi connectivity index (χ3n) is 4.87. The van der Waals surface area contributed by atoms with Crippen molar-refractivity contribution in [2.75, 3.05) is 19.6 Å². The van der Waals surface area contributed by atoms with Crippen LogP contribution in [0.4, 0.5) is 0 Å². The monoisotopic (exact) mass is 378 g/mol. The predicted octanol–water partition coefficient (Wildman–Crippen LogP) is 3.39. The quantitative estimate of drug-likeness (QED) is 0.803. The molecule has 0 amide bonds. The minimum Gasteiger partial charge on any atom is -0.298 e. The molecule has 1 aromatic heterocycles. The van der Waals surface area contributed by atoms with Gasteiger partial charge in [0.2, 0.25) is 10.0 Å². The van der Waals surface area contributed by atoms with Gasteiger partial charge >= 0.3 is 0 Å². The Bertz CT molecular complexity index is 764. The van der Waals surface area contributed by atoms with E-state index in [1.54, 1.807) is 11.3 Å². The van der Waals surface area contributed by atoms with Gasteiger partial charge in [0.25, 0.3) is 0 Å². The summed E-state index contributed by atoms with van der Waals surface area (Å²) in [6, 6.07) is 11.9. The Hall–Kier alpha value is -1.21. The van der Waals surface area contributed by atoms with E-state index < -0.39 is 10.0 Å². The predicted molar refractivity (Wildman–Crippen MR) is 104 cm³/mol. The Balaban J connectivity index is 1.44. The van der Waals surface area contributed by atoms with E-state index in [9.17, 15) is 8.42 Å². The third kappa shape index (κ3) is 5.64. The molecule has 0 spiro atoms. The lowest BCUT2D eigenvalue weighted by Crippen LogP contribution is -2.38. The van der Waals surface area contributed by atoms with Gasteiger partial charge in [0.05, 0.1) is 5.75 Å². The molecule has 136 valence electrons. The molecule has 2 heterocycles. The van der Waals surface area contributed by atoms with Gasteiger partial charge in [-0.3, -0.25) is 4.90 Å². The van der Waals surface area contributed by atoms with Gasteiger partial charge in [-0.1, -0.05) is 30.3 Å². The fourth-order valence-corrected chi connectivity index (χ4v) is 5.32. The summed E-state index contributed by atoms with van der Waals surface area (Å²) in [4.78, 5) is 3.86. The largest absolute Gasteiger partial charge is 0.298 e. The Morgan fingerprint density at radius 3 is 2.60 bits per heavy atom. The molecule has 1 fully saturated rings. The van der Waals surface area contributed by atoms with E-state index in [2.05, 4.69) is 27.1 Å². The molecule has 0 bridgehead atoms. The second-order valence-corrected chi connectivity index (χ2v) is 9.67. The van der Waals surface area contributed by atoms with E-state index in [1.807, 2.05) is 31.2 Å². The van der Waals surface area contributed by atoms with Gasteiger partial charge in [0, 0.05) is 18.0 Å². The first-order chi connectivity index (χ1) is 12.0. The van der Waals surface area contributed by atoms with E-state index in [4.69, 9.17) is 0 Å². The zero-order valence-corrected chi connectivity index (χ0v) is 16.3. The van der Waals surface area contributed by atoms with E-state index >= 15 is 0 Å². The second-order valence-electron chi connectivity index (χ2n) is 6.83. The van der Waals surface area contributed by atoms with Crippen LogP contribution >= 0.6 is 11.3 Å². The molecular formula is C19H26N2O2S2. The van der Waals surface area contributed by atoms with Crippen molar-refractivity contribution >= 4 is 21.4 Å². The highest BCUT2D eigenvalue weighted by Gasteiger charge is 2.21. The molecule has 1 aliphatic heterocycles. The van der Waals surface area contributed by atoms with Crippen molar-refractivity contribution in [2.45, 2.75) is 32.1 Å². The molecule has 1 aromatic carbocycles. The number of sulfonamides is 1. The van der Waals surface area contributed by atoms with Gasteiger partial charge in [0.1, 0.15) is 0 Å². The molecule has 0 radical (unpaired) electrons. The van der Waals surface area contributed by atoms with Crippen molar-refractivity contribution in [3.05, 3.63) is 57.8 Å². The molecule has 2 aromatic rings. The normalized spacial score (nSPS) is 17.0. The third-order valence-corrected chi connectivity index (χ3v) is 7.02. The van der Waals surface area contributed by atoms with Gasteiger partial charge in [0.15, 0.2) is 0 Å². The maximum absolute atomic E-state index is 12.4. The molecule has 25 heavy (non-hydrogen) atoms. The zero-order chi connectivity index (χ0) is 17.7. The first kappa shape index (κ1) is 18.6. The van der Waals surface area contributed by atoms with E-state index in [1.165, 1.54) is 4.88 Å². The summed E-state index contributed by atoms with van der Waals surface area (Å²) >= 11 is 1.80. The molecule has 0 aliphatic carbocycles. The number of aryl methyl sites for hydroxylation is 1. The Kier molecular flexibility index (Phi) is 6.28. The van der Waals surface area contributed by atoms with Crippen LogP contribution in [0.3, 0.4) is 0 Å². The van der Waals surface area contributed by atoms with Gasteiger partial charge in [-0.15, -0.1) is 11.3 Å². The molecule has 0 saturated carbocycles. The number of thiophene rings is 1. The highest BCUT2D eigenvalue weighted by Crippen LogP contribution is 2.20. The number of nitrogens with one attached hydrogen (secondary N) is 1. The molecular weight excluding hydrogens is 352 g/mol. The van der Waals surface area contributed by atoms with Crippen LogP contribution in [-0.2, 0) is 22.3 Å². The summed E-state index contributed by atoms with van der Waals surface area (Å²) in [5.74, 6) is 0.503. The smallest absolute Gasteiger partial charge is 0.215 e. The molecule has 1 saturated heterocycles. The summed E-state index contributed by atoms with van der Waals surface area (Å²) in [6.45, 7) is 5.61. The molecule has 6 heteroatoms. The summed E-state index contributed by atoms with van der Waals surface area (Å²) < 4.78 is 27.5. The van der Waals surface area contributed by atoms with E-state index in [-0.39, 0.29) is 5.75 Å². The highest BCUT2D eigenvalue weighted by molar-refractivity contribution is 7.88. The summed E-state index contributed by atoms with van der Waals surface area (Å²) in [7, 11) is -3.27. The second kappa shape index (κ2) is 8.45. The molecule has 4 nitrogen and oxygen atoms in total. The van der Waals surface area contributed by atoms with Crippen molar-refractivity contribution in [3.8, 4) is 0 Å². The molecule has 3 rings (SSSR count). The summed E-state index contributed by atoms with van der Waals surface area (Å²) in [6.07, 6.45) is 2.11. The first-order valence-corrected chi connectivity index (χ1v) is 11.3. The lowest BCUT2D eigenvalue weighted by atomic mass is 9.97. The van der Waals surface area contributed by atoms with E-state index in [0.717, 1.165) is 43.6 Å². The Morgan fingerprint density at radius 2 is 1.92 bits per heavy atom. The number of hydrogen-bond acceptors (Lipinski definition) is 4. The maximum atomic E-state index is 12.4. The van der Waals surface area contributed by atoms with E-state index in [0.29, 0.717) is 12.5 Å². The van der Waals surface area contributed by atoms with Crippen LogP contribution in [0, 0.1) is 12.8 Å². The fraction of sp³-hybridized carbons (Fsp3) is 0.474. The lowest BCUT2D eigenvalue weighted by molar-refractivity contribution is 0.180. The van der Waals surface area contributed by atoms with Crippen LogP contribution in [-0.4, -0.2) is 33.0 Å². The van der Waals surface area contributed by atoms with Crippen LogP contribution < -0.4 is 4.72 Å². The minimum absolute atomic E-state index is 0.0664. The van der Waals surface area contributed by atoms with Crippen LogP contribution in [0.2, 0.25) is 0 Å². The molecule has 0 unspecified atom stereocenters. The van der Waals surface area contributed by atoms with Crippen molar-refractivity contribution in [2.24, 2.45) is 5.92 Å². The molecule has 0 atom stereocenters.